The molecule has 80 valence electrons. The molecule has 0 amide bonds. The Morgan fingerprint density at radius 3 is 2.00 bits per heavy atom. The Bertz CT molecular complexity index is 292. The van der Waals surface area contributed by atoms with Crippen LogP contribution in [0.4, 0.5) is 22.0 Å². The Labute approximate surface area is 78.1 Å². The molecule has 0 aromatic rings. The summed E-state index contributed by atoms with van der Waals surface area (Å²) in [6, 6.07) is 0. The van der Waals surface area contributed by atoms with Crippen LogP contribution in [0.5, 0.6) is 0 Å². The largest absolute Gasteiger partial charge is 0.236 e. The molecule has 2 atom stereocenters. The lowest BCUT2D eigenvalue weighted by atomic mass is 9.97. The molecule has 0 fully saturated rings. The van der Waals surface area contributed by atoms with Gasteiger partial charge in [-0.3, -0.25) is 0 Å². The number of rotatable bonds is 2. The van der Waals surface area contributed by atoms with Gasteiger partial charge in [-0.2, -0.15) is 0 Å². The van der Waals surface area contributed by atoms with E-state index in [-0.39, 0.29) is 6.42 Å². The third kappa shape index (κ3) is 1.67. The minimum absolute atomic E-state index is 0.141. The van der Waals surface area contributed by atoms with E-state index in [2.05, 4.69) is 0 Å². The van der Waals surface area contributed by atoms with Gasteiger partial charge in [0.1, 0.15) is 5.83 Å². The summed E-state index contributed by atoms with van der Waals surface area (Å²) in [6.45, 7) is 1.60. The first-order valence-corrected chi connectivity index (χ1v) is 4.22. The van der Waals surface area contributed by atoms with Gasteiger partial charge in [-0.1, -0.05) is 13.3 Å². The first-order chi connectivity index (χ1) is 6.50. The van der Waals surface area contributed by atoms with Crippen LogP contribution < -0.4 is 0 Å². The molecule has 0 heterocycles. The smallest absolute Gasteiger partial charge is 0.192 e. The second-order valence-electron chi connectivity index (χ2n) is 3.04. The van der Waals surface area contributed by atoms with Crippen molar-refractivity contribution >= 4 is 0 Å². The van der Waals surface area contributed by atoms with Crippen molar-refractivity contribution in [3.05, 3.63) is 23.1 Å². The van der Waals surface area contributed by atoms with E-state index in [1.807, 2.05) is 0 Å². The van der Waals surface area contributed by atoms with Gasteiger partial charge in [-0.05, 0) is 6.42 Å². The summed E-state index contributed by atoms with van der Waals surface area (Å²) in [4.78, 5) is 0. The maximum Gasteiger partial charge on any atom is 0.192 e. The van der Waals surface area contributed by atoms with E-state index in [0.717, 1.165) is 0 Å². The van der Waals surface area contributed by atoms with Crippen LogP contribution in [0.25, 0.3) is 0 Å². The normalized spacial score (nSPS) is 28.7. The van der Waals surface area contributed by atoms with Gasteiger partial charge in [-0.25, -0.2) is 22.0 Å². The summed E-state index contributed by atoms with van der Waals surface area (Å²) in [5.74, 6) is -4.97. The zero-order chi connectivity index (χ0) is 10.9. The van der Waals surface area contributed by atoms with E-state index in [4.69, 9.17) is 0 Å². The monoisotopic (exact) mass is 212 g/mol. The molecule has 1 aliphatic rings. The van der Waals surface area contributed by atoms with E-state index in [1.165, 1.54) is 0 Å². The fraction of sp³-hybridized carbons (Fsp3) is 0.556. The molecular formula is C9H9F5. The Balaban J connectivity index is 3.11. The first kappa shape index (κ1) is 11.2. The molecule has 0 aromatic carbocycles. The third-order valence-corrected chi connectivity index (χ3v) is 2.00. The summed E-state index contributed by atoms with van der Waals surface area (Å²) in [5.41, 5.74) is -0.689. The second kappa shape index (κ2) is 4.11. The average molecular weight is 212 g/mol. The van der Waals surface area contributed by atoms with Crippen LogP contribution in [0, 0.1) is 0 Å². The minimum atomic E-state index is -2.85. The predicted octanol–water partition coefficient (Wildman–Crippen LogP) is 3.85. The predicted molar refractivity (Wildman–Crippen MR) is 42.1 cm³/mol. The van der Waals surface area contributed by atoms with Gasteiger partial charge >= 0.3 is 0 Å². The molecule has 5 heteroatoms. The molecule has 0 radical (unpaired) electrons. The Morgan fingerprint density at radius 2 is 1.50 bits per heavy atom. The summed E-state index contributed by atoms with van der Waals surface area (Å²) in [7, 11) is 0. The molecule has 0 bridgehead atoms. The van der Waals surface area contributed by atoms with Crippen molar-refractivity contribution in [1.29, 1.82) is 0 Å². The number of hydrogen-bond acceptors (Lipinski definition) is 0. The lowest BCUT2D eigenvalue weighted by molar-refractivity contribution is 0.164. The summed E-state index contributed by atoms with van der Waals surface area (Å²) in [5, 5.41) is 0. The van der Waals surface area contributed by atoms with Crippen molar-refractivity contribution in [3.63, 3.8) is 0 Å². The average Bonchev–Trinajstić information content (AvgIpc) is 2.19. The van der Waals surface area contributed by atoms with Crippen LogP contribution in [0.15, 0.2) is 23.1 Å². The molecule has 0 aliphatic heterocycles. The van der Waals surface area contributed by atoms with E-state index in [1.54, 1.807) is 6.92 Å². The zero-order valence-electron chi connectivity index (χ0n) is 7.46. The van der Waals surface area contributed by atoms with Crippen molar-refractivity contribution in [1.82, 2.24) is 0 Å². The van der Waals surface area contributed by atoms with E-state index >= 15 is 0 Å². The fourth-order valence-electron chi connectivity index (χ4n) is 1.27. The highest BCUT2D eigenvalue weighted by Gasteiger charge is 2.39. The molecule has 0 saturated carbocycles. The maximum atomic E-state index is 12.9. The van der Waals surface area contributed by atoms with Crippen molar-refractivity contribution in [2.24, 2.45) is 0 Å². The molecule has 0 aromatic heterocycles. The van der Waals surface area contributed by atoms with Gasteiger partial charge in [0, 0.05) is 5.57 Å². The highest BCUT2D eigenvalue weighted by atomic mass is 19.2. The quantitative estimate of drug-likeness (QED) is 0.610. The Kier molecular flexibility index (Phi) is 3.29. The topological polar surface area (TPSA) is 0 Å². The Morgan fingerprint density at radius 1 is 1.00 bits per heavy atom. The number of allylic oxidation sites excluding steroid dienone is 4. The van der Waals surface area contributed by atoms with Crippen molar-refractivity contribution in [2.45, 2.75) is 32.1 Å². The maximum absolute atomic E-state index is 12.9. The minimum Gasteiger partial charge on any atom is -0.236 e. The van der Waals surface area contributed by atoms with Crippen molar-refractivity contribution in [3.8, 4) is 0 Å². The molecule has 1 rings (SSSR count). The highest BCUT2D eigenvalue weighted by Crippen LogP contribution is 2.38. The van der Waals surface area contributed by atoms with Crippen LogP contribution in [-0.2, 0) is 0 Å². The molecular weight excluding hydrogens is 203 g/mol. The van der Waals surface area contributed by atoms with Gasteiger partial charge in [0.05, 0.1) is 0 Å². The van der Waals surface area contributed by atoms with Gasteiger partial charge in [0.2, 0.25) is 0 Å². The van der Waals surface area contributed by atoms with E-state index < -0.39 is 35.4 Å². The molecule has 2 unspecified atom stereocenters. The van der Waals surface area contributed by atoms with Crippen LogP contribution in [0.2, 0.25) is 0 Å². The summed E-state index contributed by atoms with van der Waals surface area (Å²) < 4.78 is 63.8. The molecule has 0 nitrogen and oxygen atoms in total. The highest BCUT2D eigenvalue weighted by molar-refractivity contribution is 5.38. The lowest BCUT2D eigenvalue weighted by Gasteiger charge is -2.19. The zero-order valence-corrected chi connectivity index (χ0v) is 7.46. The van der Waals surface area contributed by atoms with Crippen LogP contribution in [0.1, 0.15) is 19.8 Å². The fourth-order valence-corrected chi connectivity index (χ4v) is 1.27. The molecule has 0 spiro atoms. The van der Waals surface area contributed by atoms with Crippen LogP contribution in [0.3, 0.4) is 0 Å². The molecule has 14 heavy (non-hydrogen) atoms. The molecule has 0 saturated heterocycles. The van der Waals surface area contributed by atoms with Crippen LogP contribution in [-0.4, -0.2) is 12.3 Å². The third-order valence-electron chi connectivity index (χ3n) is 2.00. The second-order valence-corrected chi connectivity index (χ2v) is 3.04. The Hall–Kier alpha value is -0.870. The SMILES string of the molecule is CCCC1=C(F)C(F)C(F)C(F)=C1F. The number of hydrogen-bond donors (Lipinski definition) is 0. The van der Waals surface area contributed by atoms with Crippen LogP contribution >= 0.6 is 0 Å². The van der Waals surface area contributed by atoms with Crippen molar-refractivity contribution in [2.75, 3.05) is 0 Å². The standard InChI is InChI=1S/C9H9F5/c1-2-3-4-5(10)7(12)9(14)8(13)6(4)11/h7,9H,2-3H2,1H3. The van der Waals surface area contributed by atoms with Gasteiger partial charge < -0.3 is 0 Å². The van der Waals surface area contributed by atoms with E-state index in [0.29, 0.717) is 6.42 Å². The van der Waals surface area contributed by atoms with Gasteiger partial charge in [-0.15, -0.1) is 0 Å². The first-order valence-electron chi connectivity index (χ1n) is 4.22. The summed E-state index contributed by atoms with van der Waals surface area (Å²) >= 11 is 0. The van der Waals surface area contributed by atoms with Gasteiger partial charge in [0.15, 0.2) is 24.0 Å². The van der Waals surface area contributed by atoms with E-state index in [9.17, 15) is 22.0 Å². The molecule has 0 N–H and O–H groups in total. The number of alkyl halides is 2. The number of halogens is 5. The lowest BCUT2D eigenvalue weighted by Crippen LogP contribution is -2.25. The van der Waals surface area contributed by atoms with Gasteiger partial charge in [0.25, 0.3) is 0 Å². The molecule has 1 aliphatic carbocycles. The van der Waals surface area contributed by atoms with Crippen molar-refractivity contribution < 1.29 is 22.0 Å². The summed E-state index contributed by atoms with van der Waals surface area (Å²) in [6.07, 6.45) is -5.38.